The normalized spacial score (nSPS) is 17.4. The van der Waals surface area contributed by atoms with Crippen molar-refractivity contribution in [2.45, 2.75) is 38.9 Å². The van der Waals surface area contributed by atoms with E-state index in [0.29, 0.717) is 32.2 Å². The molecule has 0 aromatic heterocycles. The summed E-state index contributed by atoms with van der Waals surface area (Å²) < 4.78 is 11.9. The molecule has 1 heterocycles. The number of carbonyl (C=O) groups is 1. The van der Waals surface area contributed by atoms with Gasteiger partial charge in [-0.15, -0.1) is 0 Å². The van der Waals surface area contributed by atoms with E-state index >= 15 is 0 Å². The molecule has 1 aliphatic heterocycles. The molecule has 5 nitrogen and oxygen atoms in total. The molecule has 2 aromatic carbocycles. The fourth-order valence-corrected chi connectivity index (χ4v) is 3.80. The number of hydrogen-bond acceptors (Lipinski definition) is 4. The Morgan fingerprint density at radius 1 is 1.28 bits per heavy atom. The van der Waals surface area contributed by atoms with Crippen LogP contribution in [0.2, 0.25) is 5.02 Å². The van der Waals surface area contributed by atoms with E-state index in [0.717, 1.165) is 28.4 Å². The maximum absolute atomic E-state index is 10.8. The van der Waals surface area contributed by atoms with Crippen LogP contribution in [0.1, 0.15) is 49.0 Å². The van der Waals surface area contributed by atoms with Crippen LogP contribution in [-0.4, -0.2) is 42.2 Å². The lowest BCUT2D eigenvalue weighted by Crippen LogP contribution is -2.39. The summed E-state index contributed by atoms with van der Waals surface area (Å²) in [6.45, 7) is 7.34. The number of morpholine rings is 1. The van der Waals surface area contributed by atoms with Gasteiger partial charge in [-0.05, 0) is 35.2 Å². The number of hydrogen-bond donors (Lipinski definition) is 1. The molecule has 0 radical (unpaired) electrons. The van der Waals surface area contributed by atoms with Crippen LogP contribution < -0.4 is 4.74 Å². The molecule has 0 aliphatic carbocycles. The van der Waals surface area contributed by atoms with Crippen molar-refractivity contribution in [1.82, 2.24) is 4.90 Å². The van der Waals surface area contributed by atoms with Crippen LogP contribution in [0.3, 0.4) is 0 Å². The van der Waals surface area contributed by atoms with Crippen LogP contribution >= 0.6 is 11.6 Å². The minimum Gasteiger partial charge on any atom is -0.489 e. The van der Waals surface area contributed by atoms with Crippen molar-refractivity contribution in [3.8, 4) is 5.75 Å². The van der Waals surface area contributed by atoms with Crippen molar-refractivity contribution in [3.05, 3.63) is 64.2 Å². The SMILES string of the molecule is CC(C)c1cccc(Cl)c1COc1ccc(C2CN(CCC(=O)O)CCO2)cc1. The summed E-state index contributed by atoms with van der Waals surface area (Å²) in [6.07, 6.45) is 0.0996. The lowest BCUT2D eigenvalue weighted by atomic mass is 9.97. The highest BCUT2D eigenvalue weighted by Crippen LogP contribution is 2.28. The van der Waals surface area contributed by atoms with Gasteiger partial charge in [0.15, 0.2) is 0 Å². The van der Waals surface area contributed by atoms with E-state index in [1.807, 2.05) is 36.4 Å². The van der Waals surface area contributed by atoms with Crippen LogP contribution in [0.15, 0.2) is 42.5 Å². The standard InChI is InChI=1S/C23H28ClNO4/c1-16(2)19-4-3-5-21(24)20(19)15-29-18-8-6-17(7-9-18)22-14-25(12-13-28-22)11-10-23(26)27/h3-9,16,22H,10-15H2,1-2H3,(H,26,27). The zero-order valence-corrected chi connectivity index (χ0v) is 17.7. The van der Waals surface area contributed by atoms with Gasteiger partial charge in [-0.1, -0.05) is 49.7 Å². The molecule has 0 saturated carbocycles. The van der Waals surface area contributed by atoms with Crippen LogP contribution in [0.5, 0.6) is 5.75 Å². The summed E-state index contributed by atoms with van der Waals surface area (Å²) in [5.41, 5.74) is 3.29. The van der Waals surface area contributed by atoms with E-state index in [9.17, 15) is 4.79 Å². The molecule has 1 aliphatic rings. The minimum atomic E-state index is -0.770. The van der Waals surface area contributed by atoms with E-state index in [1.54, 1.807) is 0 Å². The highest BCUT2D eigenvalue weighted by molar-refractivity contribution is 6.31. The molecule has 3 rings (SSSR count). The highest BCUT2D eigenvalue weighted by Gasteiger charge is 2.22. The molecule has 1 fully saturated rings. The summed E-state index contributed by atoms with van der Waals surface area (Å²) in [6, 6.07) is 13.9. The first-order chi connectivity index (χ1) is 13.9. The third-order valence-corrected chi connectivity index (χ3v) is 5.56. The summed E-state index contributed by atoms with van der Waals surface area (Å²) >= 11 is 6.39. The molecule has 1 unspecified atom stereocenters. The molecular weight excluding hydrogens is 390 g/mol. The van der Waals surface area contributed by atoms with E-state index in [-0.39, 0.29) is 12.5 Å². The molecule has 1 atom stereocenters. The zero-order chi connectivity index (χ0) is 20.8. The molecule has 6 heteroatoms. The summed E-state index contributed by atoms with van der Waals surface area (Å²) in [5, 5.41) is 9.60. The predicted molar refractivity (Wildman–Crippen MR) is 114 cm³/mol. The van der Waals surface area contributed by atoms with Gasteiger partial charge in [0.25, 0.3) is 0 Å². The molecule has 1 N–H and O–H groups in total. The minimum absolute atomic E-state index is 0.0530. The number of benzene rings is 2. The van der Waals surface area contributed by atoms with Crippen LogP contribution in [0, 0.1) is 0 Å². The van der Waals surface area contributed by atoms with Crippen molar-refractivity contribution >= 4 is 17.6 Å². The monoisotopic (exact) mass is 417 g/mol. The smallest absolute Gasteiger partial charge is 0.304 e. The van der Waals surface area contributed by atoms with E-state index in [4.69, 9.17) is 26.2 Å². The molecule has 2 aromatic rings. The lowest BCUT2D eigenvalue weighted by molar-refractivity contribution is -0.137. The quantitative estimate of drug-likeness (QED) is 0.662. The summed E-state index contributed by atoms with van der Waals surface area (Å²) in [7, 11) is 0. The number of halogens is 1. The number of nitrogens with zero attached hydrogens (tertiary/aromatic N) is 1. The van der Waals surface area contributed by atoms with Crippen molar-refractivity contribution in [3.63, 3.8) is 0 Å². The molecule has 0 bridgehead atoms. The van der Waals surface area contributed by atoms with Gasteiger partial charge in [-0.3, -0.25) is 9.69 Å². The van der Waals surface area contributed by atoms with Crippen molar-refractivity contribution in [1.29, 1.82) is 0 Å². The Kier molecular flexibility index (Phi) is 7.53. The van der Waals surface area contributed by atoms with E-state index in [1.165, 1.54) is 5.56 Å². The molecule has 0 amide bonds. The van der Waals surface area contributed by atoms with Crippen molar-refractivity contribution in [2.75, 3.05) is 26.2 Å². The Labute approximate surface area is 177 Å². The van der Waals surface area contributed by atoms with E-state index < -0.39 is 5.97 Å². The number of carboxylic acid groups (broad SMARTS) is 1. The Morgan fingerprint density at radius 3 is 2.72 bits per heavy atom. The topological polar surface area (TPSA) is 59.0 Å². The maximum Gasteiger partial charge on any atom is 0.304 e. The second kappa shape index (κ2) is 10.1. The first-order valence-corrected chi connectivity index (χ1v) is 10.4. The number of ether oxygens (including phenoxy) is 2. The van der Waals surface area contributed by atoms with Gasteiger partial charge in [0.1, 0.15) is 12.4 Å². The fourth-order valence-electron chi connectivity index (χ4n) is 3.56. The number of carboxylic acids is 1. The predicted octanol–water partition coefficient (Wildman–Crippen LogP) is 4.89. The fraction of sp³-hybridized carbons (Fsp3) is 0.435. The van der Waals surface area contributed by atoms with Crippen LogP contribution in [0.25, 0.3) is 0 Å². The van der Waals surface area contributed by atoms with Crippen molar-refractivity contribution in [2.24, 2.45) is 0 Å². The zero-order valence-electron chi connectivity index (χ0n) is 16.9. The van der Waals surface area contributed by atoms with Gasteiger partial charge >= 0.3 is 5.97 Å². The first-order valence-electron chi connectivity index (χ1n) is 10.00. The highest BCUT2D eigenvalue weighted by atomic mass is 35.5. The largest absolute Gasteiger partial charge is 0.489 e. The Bertz CT molecular complexity index is 822. The van der Waals surface area contributed by atoms with Crippen LogP contribution in [0.4, 0.5) is 0 Å². The second-order valence-electron chi connectivity index (χ2n) is 7.62. The number of aliphatic carboxylic acids is 1. The Morgan fingerprint density at radius 2 is 2.03 bits per heavy atom. The summed E-state index contributed by atoms with van der Waals surface area (Å²) in [5.74, 6) is 0.387. The summed E-state index contributed by atoms with van der Waals surface area (Å²) in [4.78, 5) is 12.9. The van der Waals surface area contributed by atoms with Gasteiger partial charge in [0, 0.05) is 30.2 Å². The molecule has 156 valence electrons. The third-order valence-electron chi connectivity index (χ3n) is 5.20. The first kappa shape index (κ1) is 21.6. The number of rotatable bonds is 8. The molecule has 29 heavy (non-hydrogen) atoms. The average molecular weight is 418 g/mol. The van der Waals surface area contributed by atoms with Gasteiger partial charge < -0.3 is 14.6 Å². The lowest BCUT2D eigenvalue weighted by Gasteiger charge is -2.32. The third kappa shape index (κ3) is 5.95. The Balaban J connectivity index is 1.60. The molecule has 0 spiro atoms. The van der Waals surface area contributed by atoms with Gasteiger partial charge in [-0.2, -0.15) is 0 Å². The van der Waals surface area contributed by atoms with Gasteiger partial charge in [0.2, 0.25) is 0 Å². The maximum atomic E-state index is 10.8. The Hall–Kier alpha value is -2.08. The molecular formula is C23H28ClNO4. The van der Waals surface area contributed by atoms with Crippen LogP contribution in [-0.2, 0) is 16.1 Å². The average Bonchev–Trinajstić information content (AvgIpc) is 2.71. The second-order valence-corrected chi connectivity index (χ2v) is 8.03. The van der Waals surface area contributed by atoms with Crippen molar-refractivity contribution < 1.29 is 19.4 Å². The molecule has 1 saturated heterocycles. The van der Waals surface area contributed by atoms with E-state index in [2.05, 4.69) is 24.8 Å². The van der Waals surface area contributed by atoms with Gasteiger partial charge in [0.05, 0.1) is 19.1 Å². The van der Waals surface area contributed by atoms with Gasteiger partial charge in [-0.25, -0.2) is 0 Å².